The first-order valence-electron chi connectivity index (χ1n) is 9.26. The van der Waals surface area contributed by atoms with Crippen molar-refractivity contribution >= 4 is 29.7 Å². The van der Waals surface area contributed by atoms with Gasteiger partial charge in [-0.25, -0.2) is 10.2 Å². The highest BCUT2D eigenvalue weighted by atomic mass is 35.5. The number of hydrazone groups is 1. The number of rotatable bonds is 9. The van der Waals surface area contributed by atoms with Crippen LogP contribution in [0.2, 0.25) is 5.02 Å². The number of carboxylic acid groups (broad SMARTS) is 1. The molecule has 31 heavy (non-hydrogen) atoms. The van der Waals surface area contributed by atoms with Crippen molar-refractivity contribution < 1.29 is 24.2 Å². The first-order valence-corrected chi connectivity index (χ1v) is 9.64. The molecule has 0 spiro atoms. The van der Waals surface area contributed by atoms with Gasteiger partial charge >= 0.3 is 5.97 Å². The minimum absolute atomic E-state index is 0.213. The first-order chi connectivity index (χ1) is 15.0. The van der Waals surface area contributed by atoms with Crippen molar-refractivity contribution in [1.82, 2.24) is 5.43 Å². The van der Waals surface area contributed by atoms with Gasteiger partial charge in [-0.3, -0.25) is 4.79 Å². The molecule has 0 saturated heterocycles. The number of benzene rings is 3. The molecule has 0 aliphatic heterocycles. The molecular formula is C23H19ClN2O5. The largest absolute Gasteiger partial charge is 0.488 e. The van der Waals surface area contributed by atoms with Crippen molar-refractivity contribution in [3.8, 4) is 11.5 Å². The maximum absolute atomic E-state index is 11.9. The Kier molecular flexibility index (Phi) is 7.61. The molecule has 3 rings (SSSR count). The Morgan fingerprint density at radius 3 is 2.32 bits per heavy atom. The molecule has 3 aromatic rings. The van der Waals surface area contributed by atoms with Gasteiger partial charge in [0.2, 0.25) is 0 Å². The number of hydrogen-bond acceptors (Lipinski definition) is 5. The molecule has 0 heterocycles. The fourth-order valence-corrected chi connectivity index (χ4v) is 2.72. The van der Waals surface area contributed by atoms with Gasteiger partial charge in [0.1, 0.15) is 18.1 Å². The molecule has 0 atom stereocenters. The molecule has 0 bridgehead atoms. The number of nitrogens with one attached hydrogen (secondary N) is 1. The molecule has 2 N–H and O–H groups in total. The van der Waals surface area contributed by atoms with E-state index in [1.807, 2.05) is 12.1 Å². The Balaban J connectivity index is 1.53. The van der Waals surface area contributed by atoms with Crippen LogP contribution in [0.4, 0.5) is 0 Å². The Morgan fingerprint density at radius 1 is 0.935 bits per heavy atom. The molecule has 0 aromatic heterocycles. The maximum Gasteiger partial charge on any atom is 0.335 e. The number of halogens is 1. The van der Waals surface area contributed by atoms with E-state index in [9.17, 15) is 9.59 Å². The van der Waals surface area contributed by atoms with Crippen LogP contribution < -0.4 is 14.9 Å². The predicted octanol–water partition coefficient (Wildman–Crippen LogP) is 4.15. The average Bonchev–Trinajstić information content (AvgIpc) is 2.78. The third-order valence-corrected chi connectivity index (χ3v) is 4.41. The van der Waals surface area contributed by atoms with Crippen LogP contribution in [-0.4, -0.2) is 29.8 Å². The van der Waals surface area contributed by atoms with Crippen molar-refractivity contribution in [3.63, 3.8) is 0 Å². The lowest BCUT2D eigenvalue weighted by molar-refractivity contribution is -0.123. The summed E-state index contributed by atoms with van der Waals surface area (Å²) in [6.07, 6.45) is 1.47. The van der Waals surface area contributed by atoms with Gasteiger partial charge in [0.05, 0.1) is 16.8 Å². The molecule has 0 radical (unpaired) electrons. The molecule has 7 nitrogen and oxygen atoms in total. The van der Waals surface area contributed by atoms with E-state index in [1.54, 1.807) is 48.5 Å². The maximum atomic E-state index is 11.9. The summed E-state index contributed by atoms with van der Waals surface area (Å²) in [4.78, 5) is 22.8. The predicted molar refractivity (Wildman–Crippen MR) is 117 cm³/mol. The second kappa shape index (κ2) is 10.8. The Hall–Kier alpha value is -3.84. The smallest absolute Gasteiger partial charge is 0.335 e. The van der Waals surface area contributed by atoms with Crippen LogP contribution in [0.15, 0.2) is 77.9 Å². The van der Waals surface area contributed by atoms with E-state index >= 15 is 0 Å². The number of aromatic carboxylic acids is 1. The van der Waals surface area contributed by atoms with Gasteiger partial charge in [-0.2, -0.15) is 5.10 Å². The van der Waals surface area contributed by atoms with Crippen LogP contribution in [0, 0.1) is 0 Å². The molecule has 0 unspecified atom stereocenters. The summed E-state index contributed by atoms with van der Waals surface area (Å²) in [5, 5.41) is 13.3. The summed E-state index contributed by atoms with van der Waals surface area (Å²) in [6.45, 7) is 0.0222. The zero-order valence-electron chi connectivity index (χ0n) is 16.3. The van der Waals surface area contributed by atoms with Gasteiger partial charge in [-0.1, -0.05) is 48.0 Å². The van der Waals surface area contributed by atoms with Crippen molar-refractivity contribution in [3.05, 3.63) is 94.5 Å². The van der Waals surface area contributed by atoms with E-state index in [0.717, 1.165) is 5.56 Å². The number of carbonyl (C=O) groups excluding carboxylic acids is 1. The average molecular weight is 439 g/mol. The van der Waals surface area contributed by atoms with Crippen molar-refractivity contribution in [2.45, 2.75) is 6.61 Å². The third-order valence-electron chi connectivity index (χ3n) is 4.10. The van der Waals surface area contributed by atoms with Gasteiger partial charge < -0.3 is 14.6 Å². The van der Waals surface area contributed by atoms with E-state index in [2.05, 4.69) is 10.5 Å². The van der Waals surface area contributed by atoms with Crippen molar-refractivity contribution in [2.24, 2.45) is 5.10 Å². The molecule has 0 fully saturated rings. The van der Waals surface area contributed by atoms with Gasteiger partial charge in [0.15, 0.2) is 6.61 Å². The highest BCUT2D eigenvalue weighted by Crippen LogP contribution is 2.22. The molecule has 158 valence electrons. The molecule has 0 aliphatic carbocycles. The molecule has 1 amide bonds. The summed E-state index contributed by atoms with van der Waals surface area (Å²) in [7, 11) is 0. The number of para-hydroxylation sites is 2. The number of hydrogen-bond donors (Lipinski definition) is 2. The third kappa shape index (κ3) is 6.58. The zero-order valence-corrected chi connectivity index (χ0v) is 17.1. The van der Waals surface area contributed by atoms with E-state index in [4.69, 9.17) is 26.2 Å². The lowest BCUT2D eigenvalue weighted by Gasteiger charge is -2.09. The summed E-state index contributed by atoms with van der Waals surface area (Å²) < 4.78 is 11.2. The van der Waals surface area contributed by atoms with Crippen molar-refractivity contribution in [1.29, 1.82) is 0 Å². The van der Waals surface area contributed by atoms with Gasteiger partial charge in [0, 0.05) is 5.56 Å². The van der Waals surface area contributed by atoms with Crippen LogP contribution in [0.5, 0.6) is 11.5 Å². The summed E-state index contributed by atoms with van der Waals surface area (Å²) in [5.74, 6) is -0.435. The van der Waals surface area contributed by atoms with Gasteiger partial charge in [-0.05, 0) is 42.0 Å². The minimum atomic E-state index is -0.978. The van der Waals surface area contributed by atoms with E-state index in [1.165, 1.54) is 18.3 Å². The minimum Gasteiger partial charge on any atom is -0.488 e. The van der Waals surface area contributed by atoms with E-state index in [-0.39, 0.29) is 18.8 Å². The zero-order chi connectivity index (χ0) is 22.1. The van der Waals surface area contributed by atoms with Crippen LogP contribution in [-0.2, 0) is 11.4 Å². The number of ether oxygens (including phenoxy) is 2. The fraction of sp³-hybridized carbons (Fsp3) is 0.0870. The lowest BCUT2D eigenvalue weighted by Crippen LogP contribution is -2.24. The first kappa shape index (κ1) is 21.9. The molecule has 0 aliphatic rings. The highest BCUT2D eigenvalue weighted by Gasteiger charge is 2.06. The van der Waals surface area contributed by atoms with Gasteiger partial charge in [-0.15, -0.1) is 0 Å². The number of carbonyl (C=O) groups is 2. The number of nitrogens with zero attached hydrogens (tertiary/aromatic N) is 1. The summed E-state index contributed by atoms with van der Waals surface area (Å²) in [5.41, 5.74) is 4.09. The number of amides is 1. The monoisotopic (exact) mass is 438 g/mol. The molecule has 3 aromatic carbocycles. The molecule has 8 heteroatoms. The van der Waals surface area contributed by atoms with Crippen LogP contribution in [0.1, 0.15) is 21.5 Å². The van der Waals surface area contributed by atoms with Gasteiger partial charge in [0.25, 0.3) is 5.91 Å². The Bertz CT molecular complexity index is 1080. The fourth-order valence-electron chi connectivity index (χ4n) is 2.53. The SMILES string of the molecule is O=C(COc1ccccc1Cl)NN=Cc1ccccc1OCc1ccc(C(=O)O)cc1. The molecular weight excluding hydrogens is 420 g/mol. The van der Waals surface area contributed by atoms with Crippen LogP contribution in [0.3, 0.4) is 0 Å². The Morgan fingerprint density at radius 2 is 1.61 bits per heavy atom. The normalized spacial score (nSPS) is 10.6. The van der Waals surface area contributed by atoms with Crippen LogP contribution in [0.25, 0.3) is 0 Å². The van der Waals surface area contributed by atoms with Crippen molar-refractivity contribution in [2.75, 3.05) is 6.61 Å². The topological polar surface area (TPSA) is 97.2 Å². The van der Waals surface area contributed by atoms with E-state index in [0.29, 0.717) is 22.1 Å². The van der Waals surface area contributed by atoms with Crippen LogP contribution >= 0.6 is 11.6 Å². The second-order valence-electron chi connectivity index (χ2n) is 6.34. The highest BCUT2D eigenvalue weighted by molar-refractivity contribution is 6.32. The Labute approximate surface area is 183 Å². The standard InChI is InChI=1S/C23H19ClN2O5/c24-19-6-2-4-8-21(19)31-15-22(27)26-25-13-18-5-1-3-7-20(18)30-14-16-9-11-17(12-10-16)23(28)29/h1-13H,14-15H2,(H,26,27)(H,28,29). The summed E-state index contributed by atoms with van der Waals surface area (Å²) >= 11 is 5.98. The lowest BCUT2D eigenvalue weighted by atomic mass is 10.1. The second-order valence-corrected chi connectivity index (χ2v) is 6.75. The molecule has 0 saturated carbocycles. The quantitative estimate of drug-likeness (QED) is 0.386. The summed E-state index contributed by atoms with van der Waals surface area (Å²) in [6, 6.07) is 20.5. The van der Waals surface area contributed by atoms with E-state index < -0.39 is 11.9 Å². The number of carboxylic acids is 1.